The summed E-state index contributed by atoms with van der Waals surface area (Å²) in [5.41, 5.74) is 3.72. The maximum absolute atomic E-state index is 4.32. The lowest BCUT2D eigenvalue weighted by atomic mass is 10.1. The smallest absolute Gasteiger partial charge is 0.137 e. The summed E-state index contributed by atoms with van der Waals surface area (Å²) in [4.78, 5) is 7.53. The SMILES string of the molecule is CCC(=Cc1c[nH]c2ncccc12)CNC(C)(C)C. The molecule has 0 atom stereocenters. The van der Waals surface area contributed by atoms with E-state index in [1.807, 2.05) is 18.5 Å². The van der Waals surface area contributed by atoms with Crippen molar-refractivity contribution < 1.29 is 0 Å². The molecule has 0 bridgehead atoms. The molecule has 0 fully saturated rings. The lowest BCUT2D eigenvalue weighted by molar-refractivity contribution is 0.443. The van der Waals surface area contributed by atoms with E-state index >= 15 is 0 Å². The Morgan fingerprint density at radius 2 is 2.21 bits per heavy atom. The van der Waals surface area contributed by atoms with Crippen LogP contribution in [0.25, 0.3) is 17.1 Å². The van der Waals surface area contributed by atoms with Gasteiger partial charge in [-0.3, -0.25) is 0 Å². The zero-order chi connectivity index (χ0) is 13.9. The molecule has 2 rings (SSSR count). The molecule has 0 radical (unpaired) electrons. The number of hydrogen-bond acceptors (Lipinski definition) is 2. The Hall–Kier alpha value is -1.61. The van der Waals surface area contributed by atoms with Crippen LogP contribution in [0.5, 0.6) is 0 Å². The molecule has 2 aromatic rings. The predicted molar refractivity (Wildman–Crippen MR) is 82.1 cm³/mol. The monoisotopic (exact) mass is 257 g/mol. The second-order valence-electron chi connectivity index (χ2n) is 5.90. The maximum Gasteiger partial charge on any atom is 0.137 e. The van der Waals surface area contributed by atoms with Crippen LogP contribution in [0.2, 0.25) is 0 Å². The normalized spacial score (nSPS) is 13.2. The number of rotatable bonds is 4. The van der Waals surface area contributed by atoms with E-state index in [0.29, 0.717) is 0 Å². The fraction of sp³-hybridized carbons (Fsp3) is 0.438. The molecule has 19 heavy (non-hydrogen) atoms. The second kappa shape index (κ2) is 5.57. The number of fused-ring (bicyclic) bond motifs is 1. The van der Waals surface area contributed by atoms with E-state index in [2.05, 4.69) is 55.1 Å². The Balaban J connectivity index is 2.22. The molecule has 0 aliphatic rings. The predicted octanol–water partition coefficient (Wildman–Crippen LogP) is 3.74. The average molecular weight is 257 g/mol. The standard InChI is InChI=1S/C16H23N3/c1-5-12(10-19-16(2,3)4)9-13-11-18-15-14(13)7-6-8-17-15/h6-9,11,19H,5,10H2,1-4H3,(H,17,18). The summed E-state index contributed by atoms with van der Waals surface area (Å²) >= 11 is 0. The van der Waals surface area contributed by atoms with E-state index < -0.39 is 0 Å². The number of aromatic nitrogens is 2. The summed E-state index contributed by atoms with van der Waals surface area (Å²) in [6, 6.07) is 4.08. The van der Waals surface area contributed by atoms with Crippen LogP contribution in [0.4, 0.5) is 0 Å². The first-order valence-corrected chi connectivity index (χ1v) is 6.86. The van der Waals surface area contributed by atoms with Crippen molar-refractivity contribution in [3.8, 4) is 0 Å². The van der Waals surface area contributed by atoms with Crippen molar-refractivity contribution in [3.63, 3.8) is 0 Å². The van der Waals surface area contributed by atoms with Gasteiger partial charge in [-0.05, 0) is 39.3 Å². The van der Waals surface area contributed by atoms with E-state index in [9.17, 15) is 0 Å². The van der Waals surface area contributed by atoms with Gasteiger partial charge >= 0.3 is 0 Å². The maximum atomic E-state index is 4.32. The highest BCUT2D eigenvalue weighted by molar-refractivity contribution is 5.86. The lowest BCUT2D eigenvalue weighted by Gasteiger charge is -2.21. The Kier molecular flexibility index (Phi) is 4.05. The molecule has 2 aromatic heterocycles. The summed E-state index contributed by atoms with van der Waals surface area (Å²) in [6.45, 7) is 9.69. The molecular weight excluding hydrogens is 234 g/mol. The number of nitrogens with zero attached hydrogens (tertiary/aromatic N) is 1. The minimum atomic E-state index is 0.149. The van der Waals surface area contributed by atoms with Gasteiger partial charge in [-0.2, -0.15) is 0 Å². The second-order valence-corrected chi connectivity index (χ2v) is 5.90. The number of pyridine rings is 1. The third kappa shape index (κ3) is 3.67. The third-order valence-corrected chi connectivity index (χ3v) is 3.14. The van der Waals surface area contributed by atoms with Gasteiger partial charge in [0.2, 0.25) is 0 Å². The van der Waals surface area contributed by atoms with Crippen LogP contribution < -0.4 is 5.32 Å². The Bertz CT molecular complexity index is 573. The zero-order valence-electron chi connectivity index (χ0n) is 12.2. The molecule has 0 aromatic carbocycles. The highest BCUT2D eigenvalue weighted by atomic mass is 14.9. The molecule has 3 nitrogen and oxygen atoms in total. The van der Waals surface area contributed by atoms with Crippen LogP contribution in [0.1, 0.15) is 39.7 Å². The number of nitrogens with one attached hydrogen (secondary N) is 2. The van der Waals surface area contributed by atoms with Gasteiger partial charge in [0.1, 0.15) is 5.65 Å². The Morgan fingerprint density at radius 3 is 2.89 bits per heavy atom. The van der Waals surface area contributed by atoms with Gasteiger partial charge in [-0.1, -0.05) is 18.6 Å². The van der Waals surface area contributed by atoms with Gasteiger partial charge in [0.15, 0.2) is 0 Å². The molecule has 0 spiro atoms. The Morgan fingerprint density at radius 1 is 1.42 bits per heavy atom. The van der Waals surface area contributed by atoms with Crippen molar-refractivity contribution in [1.82, 2.24) is 15.3 Å². The third-order valence-electron chi connectivity index (χ3n) is 3.14. The van der Waals surface area contributed by atoms with E-state index in [-0.39, 0.29) is 5.54 Å². The average Bonchev–Trinajstić information content (AvgIpc) is 2.77. The number of hydrogen-bond donors (Lipinski definition) is 2. The quantitative estimate of drug-likeness (QED) is 0.876. The highest BCUT2D eigenvalue weighted by Gasteiger charge is 2.09. The minimum absolute atomic E-state index is 0.149. The molecule has 0 amide bonds. The Labute approximate surface area is 115 Å². The van der Waals surface area contributed by atoms with Gasteiger partial charge < -0.3 is 10.3 Å². The molecule has 0 saturated carbocycles. The van der Waals surface area contributed by atoms with Crippen molar-refractivity contribution in [2.24, 2.45) is 0 Å². The fourth-order valence-electron chi connectivity index (χ4n) is 1.97. The van der Waals surface area contributed by atoms with Crippen molar-refractivity contribution >= 4 is 17.1 Å². The van der Waals surface area contributed by atoms with Gasteiger partial charge in [-0.15, -0.1) is 0 Å². The first-order valence-electron chi connectivity index (χ1n) is 6.86. The largest absolute Gasteiger partial charge is 0.346 e. The van der Waals surface area contributed by atoms with Gasteiger partial charge in [0, 0.05) is 35.4 Å². The van der Waals surface area contributed by atoms with Gasteiger partial charge in [0.05, 0.1) is 0 Å². The topological polar surface area (TPSA) is 40.7 Å². The van der Waals surface area contributed by atoms with Crippen LogP contribution in [0.15, 0.2) is 30.1 Å². The molecular formula is C16H23N3. The summed E-state index contributed by atoms with van der Waals surface area (Å²) in [7, 11) is 0. The zero-order valence-corrected chi connectivity index (χ0v) is 12.2. The lowest BCUT2D eigenvalue weighted by Crippen LogP contribution is -2.36. The van der Waals surface area contributed by atoms with Gasteiger partial charge in [0.25, 0.3) is 0 Å². The summed E-state index contributed by atoms with van der Waals surface area (Å²) < 4.78 is 0. The van der Waals surface area contributed by atoms with Crippen LogP contribution in [-0.2, 0) is 0 Å². The number of aromatic amines is 1. The van der Waals surface area contributed by atoms with E-state index in [1.165, 1.54) is 16.5 Å². The van der Waals surface area contributed by atoms with Crippen LogP contribution in [0.3, 0.4) is 0 Å². The first-order chi connectivity index (χ1) is 8.99. The molecule has 0 unspecified atom stereocenters. The van der Waals surface area contributed by atoms with Crippen LogP contribution in [-0.4, -0.2) is 22.1 Å². The molecule has 2 N–H and O–H groups in total. The molecule has 2 heterocycles. The van der Waals surface area contributed by atoms with Crippen molar-refractivity contribution in [3.05, 3.63) is 35.7 Å². The summed E-state index contributed by atoms with van der Waals surface area (Å²) in [5.74, 6) is 0. The van der Waals surface area contributed by atoms with Gasteiger partial charge in [-0.25, -0.2) is 4.98 Å². The first kappa shape index (κ1) is 13.8. The summed E-state index contributed by atoms with van der Waals surface area (Å²) in [6.07, 6.45) is 7.16. The van der Waals surface area contributed by atoms with Crippen LogP contribution in [0, 0.1) is 0 Å². The highest BCUT2D eigenvalue weighted by Crippen LogP contribution is 2.19. The molecule has 0 aliphatic heterocycles. The van der Waals surface area contributed by atoms with E-state index in [0.717, 1.165) is 18.6 Å². The van der Waals surface area contributed by atoms with Crippen LogP contribution >= 0.6 is 0 Å². The van der Waals surface area contributed by atoms with E-state index in [1.54, 1.807) is 0 Å². The molecule has 102 valence electrons. The van der Waals surface area contributed by atoms with E-state index in [4.69, 9.17) is 0 Å². The van der Waals surface area contributed by atoms with Crippen molar-refractivity contribution in [2.45, 2.75) is 39.7 Å². The van der Waals surface area contributed by atoms with Crippen molar-refractivity contribution in [1.29, 1.82) is 0 Å². The number of H-pyrrole nitrogens is 1. The molecule has 3 heteroatoms. The minimum Gasteiger partial charge on any atom is -0.346 e. The summed E-state index contributed by atoms with van der Waals surface area (Å²) in [5, 5.41) is 4.72. The fourth-order valence-corrected chi connectivity index (χ4v) is 1.97. The molecule has 0 saturated heterocycles. The van der Waals surface area contributed by atoms with Crippen molar-refractivity contribution in [2.75, 3.05) is 6.54 Å². The molecule has 0 aliphatic carbocycles.